The largest absolute Gasteiger partial charge is 0.490 e. The number of nitrogens with two attached hydrogens (primary N) is 1. The van der Waals surface area contributed by atoms with E-state index in [4.69, 9.17) is 44.9 Å². The van der Waals surface area contributed by atoms with Crippen molar-refractivity contribution in [1.29, 1.82) is 5.41 Å². The van der Waals surface area contributed by atoms with E-state index in [0.717, 1.165) is 16.0 Å². The Morgan fingerprint density at radius 2 is 1.70 bits per heavy atom. The van der Waals surface area contributed by atoms with Crippen molar-refractivity contribution >= 4 is 63.9 Å². The molecule has 0 saturated heterocycles. The number of hydrogen-bond acceptors (Lipinski definition) is 6. The highest BCUT2D eigenvalue weighted by Gasteiger charge is 2.39. The maximum absolute atomic E-state index is 13.2. The van der Waals surface area contributed by atoms with Crippen molar-refractivity contribution in [3.63, 3.8) is 0 Å². The number of benzene rings is 2. The van der Waals surface area contributed by atoms with Gasteiger partial charge in [-0.3, -0.25) is 24.7 Å². The molecule has 2 aromatic carbocycles. The van der Waals surface area contributed by atoms with E-state index < -0.39 is 29.9 Å². The smallest absolute Gasteiger partial charge is 0.475 e. The van der Waals surface area contributed by atoms with E-state index in [-0.39, 0.29) is 34.8 Å². The fourth-order valence-electron chi connectivity index (χ4n) is 3.71. The molecule has 0 saturated carbocycles. The van der Waals surface area contributed by atoms with E-state index in [0.29, 0.717) is 22.7 Å². The average molecular weight is 593 g/mol. The second-order valence-electron chi connectivity index (χ2n) is 8.47. The first kappa shape index (κ1) is 30.2. The Hall–Kier alpha value is -4.36. The van der Waals surface area contributed by atoms with Crippen molar-refractivity contribution < 1.29 is 37.5 Å². The number of carboxylic acids is 1. The first-order chi connectivity index (χ1) is 18.7. The number of aliphatic carboxylic acids is 1. The molecule has 2 aliphatic rings. The Bertz CT molecular complexity index is 1490. The van der Waals surface area contributed by atoms with Gasteiger partial charge in [0.1, 0.15) is 0 Å². The summed E-state index contributed by atoms with van der Waals surface area (Å²) in [5, 5.41) is 17.6. The highest BCUT2D eigenvalue weighted by atomic mass is 35.5. The molecule has 5 N–H and O–H groups in total. The van der Waals surface area contributed by atoms with E-state index in [9.17, 15) is 27.6 Å². The van der Waals surface area contributed by atoms with Gasteiger partial charge in [0, 0.05) is 22.7 Å². The van der Waals surface area contributed by atoms with Gasteiger partial charge in [-0.15, -0.1) is 0 Å². The number of nitrogens with one attached hydrogen (secondary N) is 2. The summed E-state index contributed by atoms with van der Waals surface area (Å²) in [4.78, 5) is 49.4. The van der Waals surface area contributed by atoms with Gasteiger partial charge in [0.05, 0.1) is 34.8 Å². The zero-order valence-corrected chi connectivity index (χ0v) is 21.9. The van der Waals surface area contributed by atoms with Crippen LogP contribution in [0.2, 0.25) is 0 Å². The van der Waals surface area contributed by atoms with E-state index in [1.807, 2.05) is 0 Å². The summed E-state index contributed by atoms with van der Waals surface area (Å²) in [6.45, 7) is 0.0791. The van der Waals surface area contributed by atoms with E-state index in [2.05, 4.69) is 5.32 Å². The molecule has 3 amide bonds. The van der Waals surface area contributed by atoms with Gasteiger partial charge < -0.3 is 16.2 Å². The number of fused-ring (bicyclic) bond motifs is 1. The van der Waals surface area contributed by atoms with E-state index >= 15 is 0 Å². The number of amidine groups is 1. The number of amides is 3. The minimum Gasteiger partial charge on any atom is -0.475 e. The van der Waals surface area contributed by atoms with Gasteiger partial charge in [0.25, 0.3) is 17.7 Å². The number of anilines is 1. The Labute approximate surface area is 235 Å². The molecule has 0 unspecified atom stereocenters. The molecule has 0 aromatic heterocycles. The van der Waals surface area contributed by atoms with Crippen LogP contribution in [0.15, 0.2) is 65.2 Å². The molecule has 1 heterocycles. The number of imide groups is 1. The van der Waals surface area contributed by atoms with Crippen molar-refractivity contribution in [3.8, 4) is 0 Å². The van der Waals surface area contributed by atoms with Gasteiger partial charge >= 0.3 is 12.1 Å². The summed E-state index contributed by atoms with van der Waals surface area (Å²) in [6, 6.07) is 11.9. The molecule has 4 rings (SSSR count). The second-order valence-corrected chi connectivity index (χ2v) is 9.40. The maximum atomic E-state index is 13.2. The van der Waals surface area contributed by atoms with Crippen LogP contribution in [-0.2, 0) is 22.6 Å². The molecule has 1 aliphatic carbocycles. The molecule has 9 nitrogen and oxygen atoms in total. The number of rotatable bonds is 6. The summed E-state index contributed by atoms with van der Waals surface area (Å²) in [6.07, 6.45) is -1.16. The van der Waals surface area contributed by atoms with Crippen molar-refractivity contribution in [3.05, 3.63) is 87.5 Å². The van der Waals surface area contributed by atoms with Crippen molar-refractivity contribution in [2.75, 3.05) is 5.32 Å². The van der Waals surface area contributed by atoms with Gasteiger partial charge in [-0.1, -0.05) is 60.2 Å². The molecule has 0 radical (unpaired) electrons. The third-order valence-corrected chi connectivity index (χ3v) is 6.21. The average Bonchev–Trinajstić information content (AvgIpc) is 3.11. The lowest BCUT2D eigenvalue weighted by molar-refractivity contribution is -0.192. The molecule has 0 spiro atoms. The molecular weight excluding hydrogens is 573 g/mol. The quantitative estimate of drug-likeness (QED) is 0.168. The van der Waals surface area contributed by atoms with Crippen LogP contribution in [-0.4, -0.2) is 50.6 Å². The second kappa shape index (κ2) is 12.2. The Morgan fingerprint density at radius 1 is 1.10 bits per heavy atom. The van der Waals surface area contributed by atoms with Gasteiger partial charge in [-0.25, -0.2) is 4.79 Å². The van der Waals surface area contributed by atoms with Crippen LogP contribution in [0.1, 0.15) is 38.3 Å². The standard InChI is InChI=1S/C24H19ClN4O3S.C2HF3O2/c25-15-8-9-19(33)17(11-15)22(30)28-18-3-1-2-16-21(18)24(32)29(23(16)31)12-14-6-4-13(5-7-14)10-20(26)27;3-2(4,5)1(6)7/h1-8,11H,9-10,12H2,(H3,26,27)(H,28,30);(H,6,7). The normalized spacial score (nSPS) is 14.5. The zero-order valence-electron chi connectivity index (χ0n) is 20.3. The fourth-order valence-corrected chi connectivity index (χ4v) is 4.13. The fraction of sp³-hybridized carbons (Fsp3) is 0.154. The lowest BCUT2D eigenvalue weighted by Crippen LogP contribution is -2.29. The van der Waals surface area contributed by atoms with Gasteiger partial charge in [0.2, 0.25) is 0 Å². The van der Waals surface area contributed by atoms with Crippen molar-refractivity contribution in [2.45, 2.75) is 25.6 Å². The summed E-state index contributed by atoms with van der Waals surface area (Å²) >= 11 is 11.3. The number of nitrogens with zero attached hydrogens (tertiary/aromatic N) is 1. The highest BCUT2D eigenvalue weighted by molar-refractivity contribution is 7.81. The zero-order chi connectivity index (χ0) is 29.8. The van der Waals surface area contributed by atoms with Crippen molar-refractivity contribution in [1.82, 2.24) is 4.90 Å². The van der Waals surface area contributed by atoms with Crippen LogP contribution in [0.25, 0.3) is 0 Å². The number of carboxylic acid groups (broad SMARTS) is 1. The topological polar surface area (TPSA) is 154 Å². The molecule has 40 heavy (non-hydrogen) atoms. The minimum atomic E-state index is -5.08. The molecule has 0 atom stereocenters. The number of halogens is 4. The first-order valence-corrected chi connectivity index (χ1v) is 12.1. The van der Waals surface area contributed by atoms with E-state index in [1.165, 1.54) is 6.08 Å². The first-order valence-electron chi connectivity index (χ1n) is 11.3. The van der Waals surface area contributed by atoms with Crippen LogP contribution < -0.4 is 11.1 Å². The molecular formula is C26H20ClF3N4O5S. The summed E-state index contributed by atoms with van der Waals surface area (Å²) in [5.41, 5.74) is 7.91. The van der Waals surface area contributed by atoms with Crippen molar-refractivity contribution in [2.24, 2.45) is 5.73 Å². The highest BCUT2D eigenvalue weighted by Crippen LogP contribution is 2.31. The Balaban J connectivity index is 0.000000559. The van der Waals surface area contributed by atoms with Gasteiger partial charge in [-0.2, -0.15) is 13.2 Å². The minimum absolute atomic E-state index is 0.0562. The number of carbonyl (C=O) groups excluding carboxylic acids is 3. The predicted molar refractivity (Wildman–Crippen MR) is 144 cm³/mol. The monoisotopic (exact) mass is 592 g/mol. The van der Waals surface area contributed by atoms with Gasteiger partial charge in [0.15, 0.2) is 0 Å². The summed E-state index contributed by atoms with van der Waals surface area (Å²) in [7, 11) is 0. The number of hydrogen-bond donors (Lipinski definition) is 4. The molecule has 14 heteroatoms. The summed E-state index contributed by atoms with van der Waals surface area (Å²) < 4.78 is 31.7. The Kier molecular flexibility index (Phi) is 9.22. The van der Waals surface area contributed by atoms with Crippen LogP contribution in [0, 0.1) is 5.41 Å². The SMILES string of the molecule is N=C(N)Cc1ccc(CN2C(=O)c3cccc(NC(=O)C4=CC(Cl)=CCC4=S)c3C2=O)cc1.O=C(O)C(F)(F)F. The molecule has 208 valence electrons. The Morgan fingerprint density at radius 3 is 2.27 bits per heavy atom. The maximum Gasteiger partial charge on any atom is 0.490 e. The molecule has 2 aromatic rings. The molecule has 1 aliphatic heterocycles. The van der Waals surface area contributed by atoms with Gasteiger partial charge in [-0.05, 0) is 29.3 Å². The number of allylic oxidation sites excluding steroid dienone is 3. The molecule has 0 fully saturated rings. The van der Waals surface area contributed by atoms with Crippen LogP contribution >= 0.6 is 23.8 Å². The lowest BCUT2D eigenvalue weighted by Gasteiger charge is -2.15. The third-order valence-electron chi connectivity index (χ3n) is 5.56. The number of carbonyl (C=O) groups is 4. The van der Waals surface area contributed by atoms with Crippen LogP contribution in [0.3, 0.4) is 0 Å². The van der Waals surface area contributed by atoms with Crippen LogP contribution in [0.5, 0.6) is 0 Å². The summed E-state index contributed by atoms with van der Waals surface area (Å²) in [5.74, 6) is -4.11. The predicted octanol–water partition coefficient (Wildman–Crippen LogP) is 4.36. The third kappa shape index (κ3) is 7.18. The number of thiocarbonyl (C=S) groups is 1. The molecule has 0 bridgehead atoms. The lowest BCUT2D eigenvalue weighted by atomic mass is 10.0. The number of alkyl halides is 3. The van der Waals surface area contributed by atoms with Crippen LogP contribution in [0.4, 0.5) is 18.9 Å². The van der Waals surface area contributed by atoms with E-state index in [1.54, 1.807) is 48.5 Å².